The van der Waals surface area contributed by atoms with E-state index in [-0.39, 0.29) is 5.82 Å². The van der Waals surface area contributed by atoms with E-state index in [1.165, 1.54) is 29.9 Å². The lowest BCUT2D eigenvalue weighted by atomic mass is 10.0. The number of thioether (sulfide) groups is 1. The molecule has 0 N–H and O–H groups in total. The zero-order valence-electron chi connectivity index (χ0n) is 12.3. The normalized spacial score (nSPS) is 15.7. The molecular formula is C18H19FO2S. The van der Waals surface area contributed by atoms with Crippen LogP contribution in [0.3, 0.4) is 0 Å². The molecule has 2 nitrogen and oxygen atoms in total. The van der Waals surface area contributed by atoms with E-state index in [4.69, 9.17) is 9.47 Å². The highest BCUT2D eigenvalue weighted by atomic mass is 32.2. The van der Waals surface area contributed by atoms with Crippen molar-refractivity contribution in [2.75, 3.05) is 19.0 Å². The molecule has 0 amide bonds. The first kappa shape index (κ1) is 15.4. The minimum atomic E-state index is -0.257. The summed E-state index contributed by atoms with van der Waals surface area (Å²) in [6.07, 6.45) is 2.33. The number of rotatable bonds is 5. The fraction of sp³-hybridized carbons (Fsp3) is 0.333. The summed E-state index contributed by atoms with van der Waals surface area (Å²) in [6.45, 7) is 1.80. The van der Waals surface area contributed by atoms with E-state index in [0.717, 1.165) is 30.6 Å². The van der Waals surface area contributed by atoms with E-state index in [1.807, 2.05) is 23.9 Å². The molecule has 0 radical (unpaired) electrons. The third kappa shape index (κ3) is 4.49. The highest BCUT2D eigenvalue weighted by Gasteiger charge is 2.13. The van der Waals surface area contributed by atoms with Crippen molar-refractivity contribution in [3.05, 3.63) is 54.3 Å². The number of hydrogen-bond donors (Lipinski definition) is 0. The van der Waals surface area contributed by atoms with Crippen LogP contribution >= 0.6 is 11.8 Å². The van der Waals surface area contributed by atoms with Crippen LogP contribution in [-0.4, -0.2) is 19.0 Å². The van der Waals surface area contributed by atoms with Gasteiger partial charge in [-0.05, 0) is 67.3 Å². The molecule has 2 aromatic rings. The Hall–Kier alpha value is -1.52. The fourth-order valence-corrected chi connectivity index (χ4v) is 3.46. The van der Waals surface area contributed by atoms with Crippen molar-refractivity contribution in [2.45, 2.75) is 17.7 Å². The summed E-state index contributed by atoms with van der Waals surface area (Å²) >= 11 is 1.88. The first-order valence-corrected chi connectivity index (χ1v) is 8.52. The quantitative estimate of drug-likeness (QED) is 0.711. The van der Waals surface area contributed by atoms with Gasteiger partial charge in [0.15, 0.2) is 0 Å². The van der Waals surface area contributed by atoms with Gasteiger partial charge in [0, 0.05) is 23.9 Å². The summed E-state index contributed by atoms with van der Waals surface area (Å²) < 4.78 is 23.9. The van der Waals surface area contributed by atoms with Gasteiger partial charge in [0.2, 0.25) is 0 Å². The summed E-state index contributed by atoms with van der Waals surface area (Å²) in [6, 6.07) is 14.1. The van der Waals surface area contributed by atoms with Crippen LogP contribution in [0.2, 0.25) is 0 Å². The molecule has 22 heavy (non-hydrogen) atoms. The van der Waals surface area contributed by atoms with Crippen molar-refractivity contribution in [1.29, 1.82) is 0 Å². The van der Waals surface area contributed by atoms with E-state index in [1.54, 1.807) is 12.1 Å². The number of benzene rings is 2. The molecule has 0 atom stereocenters. The van der Waals surface area contributed by atoms with Crippen LogP contribution in [0.15, 0.2) is 53.4 Å². The van der Waals surface area contributed by atoms with Crippen LogP contribution in [0.4, 0.5) is 4.39 Å². The summed E-state index contributed by atoms with van der Waals surface area (Å²) in [5, 5.41) is 0. The Kier molecular flexibility index (Phi) is 5.35. The van der Waals surface area contributed by atoms with Gasteiger partial charge >= 0.3 is 0 Å². The molecule has 0 aliphatic carbocycles. The molecule has 1 aliphatic rings. The summed E-state index contributed by atoms with van der Waals surface area (Å²) in [5.74, 6) is 3.05. The summed E-state index contributed by atoms with van der Waals surface area (Å²) in [5.41, 5.74) is 0. The average Bonchev–Trinajstić information content (AvgIpc) is 2.57. The summed E-state index contributed by atoms with van der Waals surface area (Å²) in [4.78, 5) is 1.25. The van der Waals surface area contributed by atoms with Crippen LogP contribution in [-0.2, 0) is 4.74 Å². The second-order valence-corrected chi connectivity index (χ2v) is 6.49. The minimum Gasteiger partial charge on any atom is -0.457 e. The Morgan fingerprint density at radius 3 is 2.18 bits per heavy atom. The smallest absolute Gasteiger partial charge is 0.127 e. The van der Waals surface area contributed by atoms with E-state index in [2.05, 4.69) is 12.1 Å². The Labute approximate surface area is 134 Å². The maximum absolute atomic E-state index is 12.9. The molecule has 0 saturated carbocycles. The van der Waals surface area contributed by atoms with Gasteiger partial charge in [0.25, 0.3) is 0 Å². The monoisotopic (exact) mass is 318 g/mol. The van der Waals surface area contributed by atoms with E-state index >= 15 is 0 Å². The molecule has 1 saturated heterocycles. The van der Waals surface area contributed by atoms with Crippen molar-refractivity contribution in [1.82, 2.24) is 0 Å². The molecule has 1 fully saturated rings. The SMILES string of the molecule is Fc1ccc(Oc2ccc(SCC3CCOCC3)cc2)cc1. The fourth-order valence-electron chi connectivity index (χ4n) is 2.37. The van der Waals surface area contributed by atoms with Gasteiger partial charge in [0.05, 0.1) is 0 Å². The van der Waals surface area contributed by atoms with Crippen molar-refractivity contribution in [2.24, 2.45) is 5.92 Å². The molecular weight excluding hydrogens is 299 g/mol. The summed E-state index contributed by atoms with van der Waals surface area (Å²) in [7, 11) is 0. The number of halogens is 1. The zero-order valence-corrected chi connectivity index (χ0v) is 13.2. The Morgan fingerprint density at radius 2 is 1.55 bits per heavy atom. The van der Waals surface area contributed by atoms with Gasteiger partial charge in [-0.3, -0.25) is 0 Å². The molecule has 4 heteroatoms. The molecule has 0 spiro atoms. The lowest BCUT2D eigenvalue weighted by Gasteiger charge is -2.21. The van der Waals surface area contributed by atoms with Gasteiger partial charge in [-0.1, -0.05) is 0 Å². The van der Waals surface area contributed by atoms with E-state index in [0.29, 0.717) is 5.75 Å². The van der Waals surface area contributed by atoms with Gasteiger partial charge in [-0.2, -0.15) is 0 Å². The maximum Gasteiger partial charge on any atom is 0.127 e. The first-order valence-electron chi connectivity index (χ1n) is 7.53. The second kappa shape index (κ2) is 7.65. The molecule has 0 bridgehead atoms. The minimum absolute atomic E-state index is 0.257. The first-order chi connectivity index (χ1) is 10.8. The zero-order chi connectivity index (χ0) is 15.2. The van der Waals surface area contributed by atoms with Gasteiger partial charge in [-0.25, -0.2) is 4.39 Å². The Morgan fingerprint density at radius 1 is 0.955 bits per heavy atom. The van der Waals surface area contributed by atoms with Crippen LogP contribution in [0, 0.1) is 11.7 Å². The molecule has 1 heterocycles. The van der Waals surface area contributed by atoms with E-state index in [9.17, 15) is 4.39 Å². The highest BCUT2D eigenvalue weighted by Crippen LogP contribution is 2.28. The van der Waals surface area contributed by atoms with Gasteiger partial charge < -0.3 is 9.47 Å². The predicted molar refractivity (Wildman–Crippen MR) is 87.2 cm³/mol. The Bertz CT molecular complexity index is 577. The van der Waals surface area contributed by atoms with Crippen molar-refractivity contribution in [3.8, 4) is 11.5 Å². The van der Waals surface area contributed by atoms with Crippen molar-refractivity contribution < 1.29 is 13.9 Å². The third-order valence-corrected chi connectivity index (χ3v) is 4.94. The number of hydrogen-bond acceptors (Lipinski definition) is 3. The van der Waals surface area contributed by atoms with Gasteiger partial charge in [0.1, 0.15) is 17.3 Å². The lowest BCUT2D eigenvalue weighted by molar-refractivity contribution is 0.0728. The van der Waals surface area contributed by atoms with E-state index < -0.39 is 0 Å². The maximum atomic E-state index is 12.9. The highest BCUT2D eigenvalue weighted by molar-refractivity contribution is 7.99. The second-order valence-electron chi connectivity index (χ2n) is 5.39. The standard InChI is InChI=1S/C18H19FO2S/c19-15-1-3-16(4-2-15)21-17-5-7-18(8-6-17)22-13-14-9-11-20-12-10-14/h1-8,14H,9-13H2. The topological polar surface area (TPSA) is 18.5 Å². The van der Waals surface area contributed by atoms with Crippen LogP contribution in [0.5, 0.6) is 11.5 Å². The average molecular weight is 318 g/mol. The van der Waals surface area contributed by atoms with Crippen molar-refractivity contribution >= 4 is 11.8 Å². The van der Waals surface area contributed by atoms with Crippen LogP contribution < -0.4 is 4.74 Å². The van der Waals surface area contributed by atoms with Gasteiger partial charge in [-0.15, -0.1) is 11.8 Å². The molecule has 0 unspecified atom stereocenters. The number of ether oxygens (including phenoxy) is 2. The molecule has 0 aromatic heterocycles. The third-order valence-electron chi connectivity index (χ3n) is 3.70. The lowest BCUT2D eigenvalue weighted by Crippen LogP contribution is -2.17. The van der Waals surface area contributed by atoms with Crippen LogP contribution in [0.1, 0.15) is 12.8 Å². The Balaban J connectivity index is 1.52. The molecule has 3 rings (SSSR count). The van der Waals surface area contributed by atoms with Crippen LogP contribution in [0.25, 0.3) is 0 Å². The van der Waals surface area contributed by atoms with Crippen molar-refractivity contribution in [3.63, 3.8) is 0 Å². The molecule has 2 aromatic carbocycles. The largest absolute Gasteiger partial charge is 0.457 e. The molecule has 116 valence electrons. The molecule has 1 aliphatic heterocycles. The predicted octanol–water partition coefficient (Wildman–Crippen LogP) is 5.14.